The van der Waals surface area contributed by atoms with Crippen LogP contribution >= 0.6 is 0 Å². The second kappa shape index (κ2) is 10.7. The molecule has 0 fully saturated rings. The van der Waals surface area contributed by atoms with Crippen LogP contribution in [0.1, 0.15) is 25.3 Å². The lowest BCUT2D eigenvalue weighted by molar-refractivity contribution is 0.0658. The van der Waals surface area contributed by atoms with Crippen LogP contribution in [0.4, 0.5) is 8.78 Å². The van der Waals surface area contributed by atoms with Gasteiger partial charge in [0.25, 0.3) is 0 Å². The summed E-state index contributed by atoms with van der Waals surface area (Å²) >= 11 is 0. The quantitative estimate of drug-likeness (QED) is 0.638. The molecule has 0 radical (unpaired) electrons. The highest BCUT2D eigenvalue weighted by atomic mass is 19.2. The van der Waals surface area contributed by atoms with Crippen molar-refractivity contribution in [1.29, 1.82) is 0 Å². The zero-order valence-corrected chi connectivity index (χ0v) is 12.8. The summed E-state index contributed by atoms with van der Waals surface area (Å²) in [5, 5.41) is 3.36. The maximum atomic E-state index is 13.7. The summed E-state index contributed by atoms with van der Waals surface area (Å²) in [5.41, 5.74) is 0.403. The highest BCUT2D eigenvalue weighted by Gasteiger charge is 2.14. The van der Waals surface area contributed by atoms with Crippen LogP contribution in [0.25, 0.3) is 0 Å². The lowest BCUT2D eigenvalue weighted by Crippen LogP contribution is -2.33. The second-order valence-electron chi connectivity index (χ2n) is 4.96. The molecule has 1 rings (SSSR count). The lowest BCUT2D eigenvalue weighted by atomic mass is 10.0. The Kier molecular flexibility index (Phi) is 9.14. The van der Waals surface area contributed by atoms with Crippen LogP contribution in [0.5, 0.6) is 0 Å². The Hall–Kier alpha value is -1.04. The van der Waals surface area contributed by atoms with Crippen molar-refractivity contribution in [1.82, 2.24) is 5.32 Å². The van der Waals surface area contributed by atoms with E-state index >= 15 is 0 Å². The second-order valence-corrected chi connectivity index (χ2v) is 4.96. The molecule has 0 saturated heterocycles. The van der Waals surface area contributed by atoms with E-state index in [-0.39, 0.29) is 6.04 Å². The fourth-order valence-electron chi connectivity index (χ4n) is 2.07. The van der Waals surface area contributed by atoms with Crippen LogP contribution in [-0.4, -0.2) is 39.5 Å². The maximum absolute atomic E-state index is 13.7. The molecular formula is C16H25F2NO2. The average molecular weight is 301 g/mol. The van der Waals surface area contributed by atoms with Gasteiger partial charge in [0.2, 0.25) is 0 Å². The van der Waals surface area contributed by atoms with Crippen LogP contribution in [0.15, 0.2) is 18.2 Å². The number of hydrogen-bond acceptors (Lipinski definition) is 3. The summed E-state index contributed by atoms with van der Waals surface area (Å²) in [6.45, 7) is 4.60. The Morgan fingerprint density at radius 3 is 2.71 bits per heavy atom. The largest absolute Gasteiger partial charge is 0.382 e. The van der Waals surface area contributed by atoms with Gasteiger partial charge in [-0.1, -0.05) is 19.1 Å². The first-order valence-corrected chi connectivity index (χ1v) is 7.42. The van der Waals surface area contributed by atoms with E-state index in [9.17, 15) is 8.78 Å². The minimum atomic E-state index is -0.793. The molecule has 0 aliphatic rings. The number of rotatable bonds is 11. The van der Waals surface area contributed by atoms with Gasteiger partial charge in [-0.3, -0.25) is 0 Å². The van der Waals surface area contributed by atoms with Crippen molar-refractivity contribution >= 4 is 0 Å². The average Bonchev–Trinajstić information content (AvgIpc) is 2.48. The minimum absolute atomic E-state index is 0.0730. The Balaban J connectivity index is 2.50. The fraction of sp³-hybridized carbons (Fsp3) is 0.625. The van der Waals surface area contributed by atoms with Gasteiger partial charge >= 0.3 is 0 Å². The van der Waals surface area contributed by atoms with Crippen molar-refractivity contribution in [3.8, 4) is 0 Å². The third kappa shape index (κ3) is 6.98. The number of methoxy groups -OCH3 is 1. The molecule has 0 aliphatic heterocycles. The summed E-state index contributed by atoms with van der Waals surface area (Å²) < 4.78 is 37.3. The summed E-state index contributed by atoms with van der Waals surface area (Å²) in [6, 6.07) is 4.38. The third-order valence-electron chi connectivity index (χ3n) is 3.22. The molecule has 0 aliphatic carbocycles. The van der Waals surface area contributed by atoms with Crippen molar-refractivity contribution in [2.75, 3.05) is 33.5 Å². The maximum Gasteiger partial charge on any atom is 0.162 e. The highest BCUT2D eigenvalue weighted by molar-refractivity contribution is 5.20. The third-order valence-corrected chi connectivity index (χ3v) is 3.22. The minimum Gasteiger partial charge on any atom is -0.382 e. The van der Waals surface area contributed by atoms with Gasteiger partial charge in [-0.2, -0.15) is 0 Å². The number of halogens is 2. The monoisotopic (exact) mass is 301 g/mol. The zero-order chi connectivity index (χ0) is 15.5. The van der Waals surface area contributed by atoms with E-state index in [1.165, 1.54) is 0 Å². The molecule has 0 saturated carbocycles. The van der Waals surface area contributed by atoms with E-state index in [1.807, 2.05) is 0 Å². The standard InChI is InChI=1S/C16H25F2NO2/c1-3-8-19-14(7-9-21-11-10-20-2)12-13-5-4-6-15(17)16(13)18/h4-6,14,19H,3,7-12H2,1-2H3. The van der Waals surface area contributed by atoms with Crippen molar-refractivity contribution in [3.05, 3.63) is 35.4 Å². The van der Waals surface area contributed by atoms with Gasteiger partial charge in [-0.15, -0.1) is 0 Å². The zero-order valence-electron chi connectivity index (χ0n) is 12.8. The van der Waals surface area contributed by atoms with Crippen molar-refractivity contribution in [2.24, 2.45) is 0 Å². The first-order valence-electron chi connectivity index (χ1n) is 7.42. The fourth-order valence-corrected chi connectivity index (χ4v) is 2.07. The molecule has 120 valence electrons. The van der Waals surface area contributed by atoms with Gasteiger partial charge in [0.05, 0.1) is 13.2 Å². The molecule has 0 amide bonds. The van der Waals surface area contributed by atoms with Crippen LogP contribution in [-0.2, 0) is 15.9 Å². The van der Waals surface area contributed by atoms with Crippen LogP contribution in [0.2, 0.25) is 0 Å². The van der Waals surface area contributed by atoms with E-state index in [2.05, 4.69) is 12.2 Å². The van der Waals surface area contributed by atoms with Crippen LogP contribution in [0, 0.1) is 11.6 Å². The smallest absolute Gasteiger partial charge is 0.162 e. The molecule has 1 aromatic rings. The van der Waals surface area contributed by atoms with Crippen molar-refractivity contribution in [3.63, 3.8) is 0 Å². The normalized spacial score (nSPS) is 12.6. The molecular weight excluding hydrogens is 276 g/mol. The molecule has 5 heteroatoms. The molecule has 3 nitrogen and oxygen atoms in total. The van der Waals surface area contributed by atoms with Gasteiger partial charge in [-0.25, -0.2) is 8.78 Å². The van der Waals surface area contributed by atoms with Gasteiger partial charge in [0.1, 0.15) is 0 Å². The molecule has 0 aromatic heterocycles. The van der Waals surface area contributed by atoms with Gasteiger partial charge in [0, 0.05) is 19.8 Å². The summed E-state index contributed by atoms with van der Waals surface area (Å²) in [4.78, 5) is 0. The molecule has 1 N–H and O–H groups in total. The number of ether oxygens (including phenoxy) is 2. The number of nitrogens with one attached hydrogen (secondary N) is 1. The van der Waals surface area contributed by atoms with Gasteiger partial charge < -0.3 is 14.8 Å². The topological polar surface area (TPSA) is 30.5 Å². The van der Waals surface area contributed by atoms with E-state index in [4.69, 9.17) is 9.47 Å². The van der Waals surface area contributed by atoms with E-state index in [0.29, 0.717) is 31.8 Å². The summed E-state index contributed by atoms with van der Waals surface area (Å²) in [6.07, 6.45) is 2.20. The SMILES string of the molecule is CCCNC(CCOCCOC)Cc1cccc(F)c1F. The highest BCUT2D eigenvalue weighted by Crippen LogP contribution is 2.14. The summed E-state index contributed by atoms with van der Waals surface area (Å²) in [7, 11) is 1.63. The molecule has 0 spiro atoms. The number of hydrogen-bond donors (Lipinski definition) is 1. The predicted octanol–water partition coefficient (Wildman–Crippen LogP) is 2.93. The molecule has 1 aromatic carbocycles. The van der Waals surface area contributed by atoms with E-state index in [0.717, 1.165) is 25.5 Å². The Labute approximate surface area is 125 Å². The van der Waals surface area contributed by atoms with Crippen molar-refractivity contribution < 1.29 is 18.3 Å². The van der Waals surface area contributed by atoms with E-state index in [1.54, 1.807) is 19.2 Å². The molecule has 0 bridgehead atoms. The molecule has 21 heavy (non-hydrogen) atoms. The summed E-state index contributed by atoms with van der Waals surface area (Å²) in [5.74, 6) is -1.54. The Bertz CT molecular complexity index is 402. The van der Waals surface area contributed by atoms with Gasteiger partial charge in [0.15, 0.2) is 11.6 Å². The van der Waals surface area contributed by atoms with Gasteiger partial charge in [-0.05, 0) is 37.4 Å². The van der Waals surface area contributed by atoms with Crippen LogP contribution < -0.4 is 5.32 Å². The van der Waals surface area contributed by atoms with Crippen molar-refractivity contribution in [2.45, 2.75) is 32.2 Å². The first kappa shape index (κ1) is 18.0. The van der Waals surface area contributed by atoms with Crippen LogP contribution in [0.3, 0.4) is 0 Å². The first-order chi connectivity index (χ1) is 10.2. The van der Waals surface area contributed by atoms with E-state index < -0.39 is 11.6 Å². The Morgan fingerprint density at radius 1 is 1.19 bits per heavy atom. The molecule has 1 atom stereocenters. The lowest BCUT2D eigenvalue weighted by Gasteiger charge is -2.19. The predicted molar refractivity (Wildman–Crippen MR) is 79.5 cm³/mol. The molecule has 1 unspecified atom stereocenters. The number of benzene rings is 1. The Morgan fingerprint density at radius 2 is 2.00 bits per heavy atom. The molecule has 0 heterocycles.